The number of aromatic hydroxyl groups is 1. The normalized spacial score (nSPS) is 11.6. The lowest BCUT2D eigenvalue weighted by Crippen LogP contribution is -2.20. The second-order valence-electron chi connectivity index (χ2n) is 5.60. The Morgan fingerprint density at radius 1 is 1.16 bits per heavy atom. The second kappa shape index (κ2) is 4.57. The lowest BCUT2D eigenvalue weighted by Gasteiger charge is -2.19. The summed E-state index contributed by atoms with van der Waals surface area (Å²) in [6.45, 7) is 5.49. The molecule has 0 atom stereocenters. The molecule has 0 spiro atoms. The number of phenolic OH excluding ortho intramolecular Hbond substituents is 1. The molecular formula is C16H18O3. The van der Waals surface area contributed by atoms with Crippen molar-refractivity contribution >= 4 is 16.6 Å². The van der Waals surface area contributed by atoms with Gasteiger partial charge in [-0.1, -0.05) is 45.0 Å². The molecule has 19 heavy (non-hydrogen) atoms. The molecule has 0 bridgehead atoms. The third-order valence-corrected chi connectivity index (χ3v) is 3.12. The molecule has 2 rings (SSSR count). The summed E-state index contributed by atoms with van der Waals surface area (Å²) in [6.07, 6.45) is 0. The Hall–Kier alpha value is -2.03. The minimum Gasteiger partial charge on any atom is -0.507 e. The number of ketones is 1. The predicted molar refractivity (Wildman–Crippen MR) is 76.0 cm³/mol. The molecule has 0 unspecified atom stereocenters. The van der Waals surface area contributed by atoms with Crippen LogP contribution in [0.4, 0.5) is 0 Å². The van der Waals surface area contributed by atoms with E-state index in [-0.39, 0.29) is 11.5 Å². The Balaban J connectivity index is 2.77. The molecule has 100 valence electrons. The second-order valence-corrected chi connectivity index (χ2v) is 5.60. The summed E-state index contributed by atoms with van der Waals surface area (Å²) in [4.78, 5) is 12.4. The van der Waals surface area contributed by atoms with Crippen molar-refractivity contribution in [3.8, 4) is 11.5 Å². The van der Waals surface area contributed by atoms with Crippen molar-refractivity contribution in [3.05, 3.63) is 35.9 Å². The largest absolute Gasteiger partial charge is 0.507 e. The van der Waals surface area contributed by atoms with Crippen molar-refractivity contribution in [2.45, 2.75) is 20.8 Å². The molecule has 0 amide bonds. The molecule has 0 heterocycles. The molecule has 0 aliphatic rings. The zero-order chi connectivity index (χ0) is 14.2. The van der Waals surface area contributed by atoms with Crippen LogP contribution < -0.4 is 4.74 Å². The van der Waals surface area contributed by atoms with E-state index in [1.807, 2.05) is 39.0 Å². The summed E-state index contributed by atoms with van der Waals surface area (Å²) < 4.78 is 5.32. The van der Waals surface area contributed by atoms with Gasteiger partial charge in [-0.25, -0.2) is 0 Å². The molecule has 1 N–H and O–H groups in total. The van der Waals surface area contributed by atoms with E-state index < -0.39 is 5.41 Å². The van der Waals surface area contributed by atoms with E-state index in [1.165, 1.54) is 0 Å². The number of methoxy groups -OCH3 is 1. The van der Waals surface area contributed by atoms with Gasteiger partial charge in [-0.2, -0.15) is 0 Å². The topological polar surface area (TPSA) is 46.5 Å². The Kier molecular flexibility index (Phi) is 3.23. The van der Waals surface area contributed by atoms with Gasteiger partial charge in [0.2, 0.25) is 0 Å². The Bertz CT molecular complexity index is 636. The van der Waals surface area contributed by atoms with E-state index in [0.29, 0.717) is 16.7 Å². The lowest BCUT2D eigenvalue weighted by atomic mass is 9.85. The number of carbonyl (C=O) groups excluding carboxylic acids is 1. The number of hydrogen-bond donors (Lipinski definition) is 1. The van der Waals surface area contributed by atoms with Crippen molar-refractivity contribution in [2.24, 2.45) is 5.41 Å². The van der Waals surface area contributed by atoms with Crippen LogP contribution in [0.1, 0.15) is 31.1 Å². The van der Waals surface area contributed by atoms with E-state index in [2.05, 4.69) is 0 Å². The molecule has 3 heteroatoms. The number of hydrogen-bond acceptors (Lipinski definition) is 3. The van der Waals surface area contributed by atoms with Crippen LogP contribution in [0.25, 0.3) is 10.8 Å². The van der Waals surface area contributed by atoms with E-state index in [1.54, 1.807) is 19.2 Å². The number of ether oxygens (including phenoxy) is 1. The van der Waals surface area contributed by atoms with Gasteiger partial charge in [0.1, 0.15) is 11.5 Å². The van der Waals surface area contributed by atoms with Gasteiger partial charge in [0.05, 0.1) is 12.7 Å². The molecule has 0 aliphatic heterocycles. The maximum Gasteiger partial charge on any atom is 0.172 e. The molecule has 0 aliphatic carbocycles. The maximum absolute atomic E-state index is 12.4. The molecule has 2 aromatic carbocycles. The van der Waals surface area contributed by atoms with Crippen LogP contribution >= 0.6 is 0 Å². The summed E-state index contributed by atoms with van der Waals surface area (Å²) in [5.74, 6) is 0.520. The van der Waals surface area contributed by atoms with Gasteiger partial charge in [0.15, 0.2) is 5.78 Å². The Morgan fingerprint density at radius 3 is 2.26 bits per heavy atom. The fourth-order valence-corrected chi connectivity index (χ4v) is 2.07. The number of carbonyl (C=O) groups is 1. The zero-order valence-corrected chi connectivity index (χ0v) is 11.7. The summed E-state index contributed by atoms with van der Waals surface area (Å²) >= 11 is 0. The molecule has 0 fully saturated rings. The molecule has 3 nitrogen and oxygen atoms in total. The highest BCUT2D eigenvalue weighted by molar-refractivity contribution is 6.08. The van der Waals surface area contributed by atoms with Crippen LogP contribution in [0, 0.1) is 5.41 Å². The molecule has 0 radical (unpaired) electrons. The fourth-order valence-electron chi connectivity index (χ4n) is 2.07. The minimum absolute atomic E-state index is 0.0244. The van der Waals surface area contributed by atoms with Gasteiger partial charge in [0.25, 0.3) is 0 Å². The van der Waals surface area contributed by atoms with E-state index in [9.17, 15) is 9.90 Å². The average molecular weight is 258 g/mol. The van der Waals surface area contributed by atoms with Crippen LogP contribution in [0.15, 0.2) is 30.3 Å². The van der Waals surface area contributed by atoms with Gasteiger partial charge in [0, 0.05) is 16.2 Å². The first kappa shape index (κ1) is 13.4. The van der Waals surface area contributed by atoms with Crippen LogP contribution in [0.2, 0.25) is 0 Å². The molecular weight excluding hydrogens is 240 g/mol. The quantitative estimate of drug-likeness (QED) is 0.834. The highest BCUT2D eigenvalue weighted by atomic mass is 16.5. The van der Waals surface area contributed by atoms with Crippen LogP contribution in [0.5, 0.6) is 11.5 Å². The highest BCUT2D eigenvalue weighted by Crippen LogP contribution is 2.38. The zero-order valence-electron chi connectivity index (χ0n) is 11.7. The Morgan fingerprint density at radius 2 is 1.74 bits per heavy atom. The van der Waals surface area contributed by atoms with Crippen molar-refractivity contribution in [3.63, 3.8) is 0 Å². The van der Waals surface area contributed by atoms with E-state index in [0.717, 1.165) is 5.39 Å². The maximum atomic E-state index is 12.4. The van der Waals surface area contributed by atoms with Crippen LogP contribution in [0.3, 0.4) is 0 Å². The lowest BCUT2D eigenvalue weighted by molar-refractivity contribution is 0.0855. The third-order valence-electron chi connectivity index (χ3n) is 3.12. The molecule has 2 aromatic rings. The highest BCUT2D eigenvalue weighted by Gasteiger charge is 2.27. The van der Waals surface area contributed by atoms with Crippen LogP contribution in [-0.4, -0.2) is 18.0 Å². The van der Waals surface area contributed by atoms with Gasteiger partial charge >= 0.3 is 0 Å². The van der Waals surface area contributed by atoms with Crippen molar-refractivity contribution < 1.29 is 14.6 Å². The predicted octanol–water partition coefficient (Wildman–Crippen LogP) is 3.78. The summed E-state index contributed by atoms with van der Waals surface area (Å²) in [6, 6.07) is 8.96. The summed E-state index contributed by atoms with van der Waals surface area (Å²) in [7, 11) is 1.56. The SMILES string of the molecule is COc1cc(C(=O)C(C)(C)C)c(O)c2ccccc12. The fraction of sp³-hybridized carbons (Fsp3) is 0.312. The number of rotatable bonds is 2. The summed E-state index contributed by atoms with van der Waals surface area (Å²) in [5, 5.41) is 11.8. The summed E-state index contributed by atoms with van der Waals surface area (Å²) in [5.41, 5.74) is -0.242. The number of benzene rings is 2. The first-order valence-electron chi connectivity index (χ1n) is 6.19. The van der Waals surface area contributed by atoms with Gasteiger partial charge in [-0.3, -0.25) is 4.79 Å². The molecule has 0 aromatic heterocycles. The monoisotopic (exact) mass is 258 g/mol. The van der Waals surface area contributed by atoms with E-state index >= 15 is 0 Å². The first-order chi connectivity index (χ1) is 8.86. The minimum atomic E-state index is -0.551. The standard InChI is InChI=1S/C16H18O3/c1-16(2,3)15(18)12-9-13(19-4)10-7-5-6-8-11(10)14(12)17/h5-9,17H,1-4H3. The smallest absolute Gasteiger partial charge is 0.172 e. The number of phenols is 1. The third kappa shape index (κ3) is 2.28. The van der Waals surface area contributed by atoms with Crippen molar-refractivity contribution in [1.29, 1.82) is 0 Å². The molecule has 0 saturated heterocycles. The van der Waals surface area contributed by atoms with Gasteiger partial charge in [-0.15, -0.1) is 0 Å². The number of fused-ring (bicyclic) bond motifs is 1. The van der Waals surface area contributed by atoms with Gasteiger partial charge in [-0.05, 0) is 6.07 Å². The first-order valence-corrected chi connectivity index (χ1v) is 6.19. The average Bonchev–Trinajstić information content (AvgIpc) is 2.38. The van der Waals surface area contributed by atoms with Crippen LogP contribution in [-0.2, 0) is 0 Å². The van der Waals surface area contributed by atoms with Gasteiger partial charge < -0.3 is 9.84 Å². The van der Waals surface area contributed by atoms with Crippen molar-refractivity contribution in [1.82, 2.24) is 0 Å². The van der Waals surface area contributed by atoms with E-state index in [4.69, 9.17) is 4.74 Å². The number of Topliss-reactive ketones (excluding diaryl/α,β-unsaturated/α-hetero) is 1. The Labute approximate surface area is 112 Å². The van der Waals surface area contributed by atoms with Crippen molar-refractivity contribution in [2.75, 3.05) is 7.11 Å². The molecule has 0 saturated carbocycles.